The van der Waals surface area contributed by atoms with Crippen molar-refractivity contribution in [1.29, 1.82) is 0 Å². The number of nitrogens with one attached hydrogen (secondary N) is 3. The number of hydrogen-bond acceptors (Lipinski definition) is 7. The molecule has 6 unspecified atom stereocenters. The van der Waals surface area contributed by atoms with E-state index in [2.05, 4.69) is 20.9 Å². The standard InChI is InChI=1S/C42H58N6O6/c1-8-28(2)36(48-23-22-47(41(48)53)27-32-21-15-16-29(3)43-32)38(50)44-33(24-30-17-11-9-12-18-30)26-35(49)34(25-31-19-13-10-14-20-31)45-39(51)37(42(4,5)6)46-40(52)54-7/h9-21,28,33-37,49H,8,22-27H2,1-7H3,(H,44,50)(H,45,51)(H,46,52). The molecule has 6 atom stereocenters. The van der Waals surface area contributed by atoms with Crippen LogP contribution in [0.3, 0.4) is 0 Å². The number of urea groups is 1. The van der Waals surface area contributed by atoms with Crippen molar-refractivity contribution >= 4 is 23.9 Å². The van der Waals surface area contributed by atoms with E-state index in [1.807, 2.05) is 120 Å². The van der Waals surface area contributed by atoms with Crippen molar-refractivity contribution in [2.45, 2.75) is 104 Å². The fraction of sp³-hybridized carbons (Fsp3) is 0.500. The summed E-state index contributed by atoms with van der Waals surface area (Å²) < 4.78 is 4.80. The molecular formula is C42H58N6O6. The summed E-state index contributed by atoms with van der Waals surface area (Å²) in [6.45, 7) is 12.6. The molecule has 0 spiro atoms. The number of aryl methyl sites for hydroxylation is 1. The van der Waals surface area contributed by atoms with Gasteiger partial charge in [0.15, 0.2) is 0 Å². The third-order valence-electron chi connectivity index (χ3n) is 10.1. The van der Waals surface area contributed by atoms with Crippen LogP contribution in [-0.4, -0.2) is 94.3 Å². The molecule has 0 bridgehead atoms. The van der Waals surface area contributed by atoms with Gasteiger partial charge in [-0.2, -0.15) is 0 Å². The molecule has 0 radical (unpaired) electrons. The zero-order valence-corrected chi connectivity index (χ0v) is 32.7. The molecule has 5 amide bonds. The number of carbonyl (C=O) groups is 4. The maximum Gasteiger partial charge on any atom is 0.407 e. The first kappa shape index (κ1) is 41.8. The molecule has 54 heavy (non-hydrogen) atoms. The average Bonchev–Trinajstić information content (AvgIpc) is 3.48. The Kier molecular flexibility index (Phi) is 15.0. The first-order valence-electron chi connectivity index (χ1n) is 18.9. The first-order chi connectivity index (χ1) is 25.7. The van der Waals surface area contributed by atoms with Crippen LogP contribution in [0.2, 0.25) is 0 Å². The van der Waals surface area contributed by atoms with Crippen molar-refractivity contribution in [3.05, 3.63) is 101 Å². The van der Waals surface area contributed by atoms with Crippen molar-refractivity contribution < 1.29 is 29.0 Å². The van der Waals surface area contributed by atoms with Gasteiger partial charge in [0.25, 0.3) is 0 Å². The summed E-state index contributed by atoms with van der Waals surface area (Å²) in [5.41, 5.74) is 2.85. The van der Waals surface area contributed by atoms with E-state index in [9.17, 15) is 24.3 Å². The zero-order chi connectivity index (χ0) is 39.4. The lowest BCUT2D eigenvalue weighted by molar-refractivity contribution is -0.129. The van der Waals surface area contributed by atoms with Crippen LogP contribution in [-0.2, 0) is 33.7 Å². The van der Waals surface area contributed by atoms with Crippen LogP contribution in [0, 0.1) is 18.3 Å². The van der Waals surface area contributed by atoms with E-state index in [4.69, 9.17) is 4.74 Å². The summed E-state index contributed by atoms with van der Waals surface area (Å²) in [6, 6.07) is 21.7. The number of carbonyl (C=O) groups excluding carboxylic acids is 4. The number of rotatable bonds is 17. The van der Waals surface area contributed by atoms with Gasteiger partial charge in [0, 0.05) is 24.8 Å². The quantitative estimate of drug-likeness (QED) is 0.152. The Morgan fingerprint density at radius 3 is 2.07 bits per heavy atom. The summed E-state index contributed by atoms with van der Waals surface area (Å²) in [5, 5.41) is 20.9. The highest BCUT2D eigenvalue weighted by atomic mass is 16.5. The van der Waals surface area contributed by atoms with Gasteiger partial charge in [0.1, 0.15) is 12.1 Å². The largest absolute Gasteiger partial charge is 0.453 e. The first-order valence-corrected chi connectivity index (χ1v) is 18.9. The summed E-state index contributed by atoms with van der Waals surface area (Å²) in [6.07, 6.45) is -0.343. The summed E-state index contributed by atoms with van der Waals surface area (Å²) in [5.74, 6) is -0.901. The molecule has 4 N–H and O–H groups in total. The predicted molar refractivity (Wildman–Crippen MR) is 208 cm³/mol. The molecular weight excluding hydrogens is 684 g/mol. The number of pyridine rings is 1. The van der Waals surface area contributed by atoms with Gasteiger partial charge in [0.2, 0.25) is 11.8 Å². The Bertz CT molecular complexity index is 1680. The van der Waals surface area contributed by atoms with Crippen LogP contribution in [0.15, 0.2) is 78.9 Å². The van der Waals surface area contributed by atoms with Crippen LogP contribution in [0.1, 0.15) is 70.0 Å². The number of amides is 5. The maximum atomic E-state index is 14.4. The minimum atomic E-state index is -1.10. The maximum absolute atomic E-state index is 14.4. The van der Waals surface area contributed by atoms with Crippen LogP contribution < -0.4 is 16.0 Å². The molecule has 2 heterocycles. The number of aliphatic hydroxyl groups is 1. The highest BCUT2D eigenvalue weighted by molar-refractivity contribution is 5.88. The zero-order valence-electron chi connectivity index (χ0n) is 32.7. The number of benzene rings is 2. The van der Waals surface area contributed by atoms with Crippen LogP contribution >= 0.6 is 0 Å². The molecule has 12 nitrogen and oxygen atoms in total. The van der Waals surface area contributed by atoms with Crippen molar-refractivity contribution in [1.82, 2.24) is 30.7 Å². The molecule has 3 aromatic rings. The van der Waals surface area contributed by atoms with Gasteiger partial charge < -0.3 is 35.6 Å². The van der Waals surface area contributed by atoms with Gasteiger partial charge in [-0.05, 0) is 60.8 Å². The molecule has 1 aliphatic rings. The fourth-order valence-corrected chi connectivity index (χ4v) is 6.92. The lowest BCUT2D eigenvalue weighted by Crippen LogP contribution is -2.58. The van der Waals surface area contributed by atoms with Crippen LogP contribution in [0.25, 0.3) is 0 Å². The lowest BCUT2D eigenvalue weighted by atomic mass is 9.85. The average molecular weight is 743 g/mol. The monoisotopic (exact) mass is 742 g/mol. The second kappa shape index (κ2) is 19.4. The lowest BCUT2D eigenvalue weighted by Gasteiger charge is -2.35. The number of hydrogen-bond donors (Lipinski definition) is 4. The smallest absolute Gasteiger partial charge is 0.407 e. The molecule has 12 heteroatoms. The Hall–Kier alpha value is -4.97. The Morgan fingerprint density at radius 2 is 1.50 bits per heavy atom. The van der Waals surface area contributed by atoms with E-state index < -0.39 is 47.7 Å². The molecule has 1 aromatic heterocycles. The minimum absolute atomic E-state index is 0.107. The second-order valence-corrected chi connectivity index (χ2v) is 15.4. The van der Waals surface area contributed by atoms with Crippen LogP contribution in [0.5, 0.6) is 0 Å². The molecule has 1 fully saturated rings. The van der Waals surface area contributed by atoms with Crippen molar-refractivity contribution in [3.63, 3.8) is 0 Å². The number of aliphatic hydroxyl groups excluding tert-OH is 1. The van der Waals surface area contributed by atoms with E-state index in [0.29, 0.717) is 38.9 Å². The summed E-state index contributed by atoms with van der Waals surface area (Å²) >= 11 is 0. The van der Waals surface area contributed by atoms with Crippen molar-refractivity contribution in [2.75, 3.05) is 20.2 Å². The van der Waals surface area contributed by atoms with Gasteiger partial charge in [-0.15, -0.1) is 0 Å². The van der Waals surface area contributed by atoms with E-state index >= 15 is 0 Å². The van der Waals surface area contributed by atoms with Crippen molar-refractivity contribution in [2.24, 2.45) is 11.3 Å². The summed E-state index contributed by atoms with van der Waals surface area (Å²) in [7, 11) is 1.24. The topological polar surface area (TPSA) is 153 Å². The molecule has 0 saturated carbocycles. The molecule has 4 rings (SSSR count). The van der Waals surface area contributed by atoms with Gasteiger partial charge >= 0.3 is 12.1 Å². The van der Waals surface area contributed by atoms with E-state index in [1.165, 1.54) is 7.11 Å². The summed E-state index contributed by atoms with van der Waals surface area (Å²) in [4.78, 5) is 62.2. The van der Waals surface area contributed by atoms with Gasteiger partial charge in [-0.25, -0.2) is 9.59 Å². The Labute approximate surface area is 320 Å². The predicted octanol–water partition coefficient (Wildman–Crippen LogP) is 5.02. The van der Waals surface area contributed by atoms with Gasteiger partial charge in [0.05, 0.1) is 31.5 Å². The minimum Gasteiger partial charge on any atom is -0.453 e. The van der Waals surface area contributed by atoms with E-state index in [0.717, 1.165) is 22.5 Å². The SMILES string of the molecule is CCC(C)C(C(=O)NC(Cc1ccccc1)CC(O)C(Cc1ccccc1)NC(=O)C(NC(=O)OC)C(C)(C)C)N1CCN(Cc2cccc(C)n2)C1=O. The molecule has 1 saturated heterocycles. The Morgan fingerprint density at radius 1 is 0.870 bits per heavy atom. The molecule has 2 aromatic carbocycles. The van der Waals surface area contributed by atoms with E-state index in [1.54, 1.807) is 9.80 Å². The highest BCUT2D eigenvalue weighted by Gasteiger charge is 2.41. The van der Waals surface area contributed by atoms with Gasteiger partial charge in [-0.1, -0.05) is 108 Å². The fourth-order valence-electron chi connectivity index (χ4n) is 6.92. The number of aromatic nitrogens is 1. The van der Waals surface area contributed by atoms with E-state index in [-0.39, 0.29) is 24.3 Å². The molecule has 292 valence electrons. The highest BCUT2D eigenvalue weighted by Crippen LogP contribution is 2.24. The van der Waals surface area contributed by atoms with Crippen molar-refractivity contribution in [3.8, 4) is 0 Å². The van der Waals surface area contributed by atoms with Gasteiger partial charge in [-0.3, -0.25) is 14.6 Å². The molecule has 1 aliphatic heterocycles. The third-order valence-corrected chi connectivity index (χ3v) is 10.1. The van der Waals surface area contributed by atoms with Crippen LogP contribution in [0.4, 0.5) is 9.59 Å². The Balaban J connectivity index is 1.59. The second-order valence-electron chi connectivity index (χ2n) is 15.4. The number of methoxy groups -OCH3 is 1. The number of alkyl carbamates (subject to hydrolysis) is 1. The number of nitrogens with zero attached hydrogens (tertiary/aromatic N) is 3. The number of ether oxygens (including phenoxy) is 1. The molecule has 0 aliphatic carbocycles. The third kappa shape index (κ3) is 11.8. The normalized spacial score (nSPS) is 16.5.